The number of aryl methyl sites for hydroxylation is 4. The number of amides is 1. The minimum atomic E-state index is -0.117. The van der Waals surface area contributed by atoms with Crippen molar-refractivity contribution in [1.82, 2.24) is 4.57 Å². The van der Waals surface area contributed by atoms with E-state index in [0.717, 1.165) is 20.6 Å². The second kappa shape index (κ2) is 8.84. The van der Waals surface area contributed by atoms with E-state index in [1.54, 1.807) is 11.3 Å². The van der Waals surface area contributed by atoms with E-state index in [-0.39, 0.29) is 5.91 Å². The average Bonchev–Trinajstić information content (AvgIpc) is 2.95. The van der Waals surface area contributed by atoms with Crippen LogP contribution in [0.2, 0.25) is 0 Å². The largest absolute Gasteiger partial charge is 0.380 e. The van der Waals surface area contributed by atoms with Crippen molar-refractivity contribution in [2.75, 3.05) is 13.2 Å². The highest BCUT2D eigenvalue weighted by atomic mass is 32.1. The molecule has 0 aliphatic heterocycles. The number of hydrogen-bond acceptors (Lipinski definition) is 3. The lowest BCUT2D eigenvalue weighted by Crippen LogP contribution is -2.20. The van der Waals surface area contributed by atoms with Crippen LogP contribution in [0.25, 0.3) is 10.2 Å². The van der Waals surface area contributed by atoms with Gasteiger partial charge in [0.15, 0.2) is 4.80 Å². The lowest BCUT2D eigenvalue weighted by molar-refractivity contribution is -0.117. The predicted molar refractivity (Wildman–Crippen MR) is 116 cm³/mol. The molecule has 0 atom stereocenters. The second-order valence-corrected chi connectivity index (χ2v) is 8.25. The van der Waals surface area contributed by atoms with Gasteiger partial charge in [-0.3, -0.25) is 4.79 Å². The zero-order chi connectivity index (χ0) is 20.3. The standard InChI is InChI=1S/C23H28N2O2S/c1-6-27-10-9-25-20-12-17(4)18(5)13-21(20)28-23(25)24-22(26)14-19-8-7-15(2)16(3)11-19/h7-8,11-13H,6,9-10,14H2,1-5H3. The number of fused-ring (bicyclic) bond motifs is 1. The van der Waals surface area contributed by atoms with E-state index in [4.69, 9.17) is 4.74 Å². The number of aromatic nitrogens is 1. The number of carbonyl (C=O) groups is 1. The van der Waals surface area contributed by atoms with E-state index < -0.39 is 0 Å². The summed E-state index contributed by atoms with van der Waals surface area (Å²) in [5.74, 6) is -0.117. The van der Waals surface area contributed by atoms with Gasteiger partial charge in [0.05, 0.1) is 23.2 Å². The van der Waals surface area contributed by atoms with Gasteiger partial charge in [-0.25, -0.2) is 0 Å². The maximum absolute atomic E-state index is 12.7. The SMILES string of the molecule is CCOCCn1c(=NC(=O)Cc2ccc(C)c(C)c2)sc2cc(C)c(C)cc21. The van der Waals surface area contributed by atoms with Gasteiger partial charge in [0.1, 0.15) is 0 Å². The molecule has 0 aliphatic rings. The fourth-order valence-corrected chi connectivity index (χ4v) is 4.31. The molecule has 0 fully saturated rings. The monoisotopic (exact) mass is 396 g/mol. The maximum atomic E-state index is 12.7. The highest BCUT2D eigenvalue weighted by molar-refractivity contribution is 7.16. The number of ether oxygens (including phenoxy) is 1. The Hall–Kier alpha value is -2.24. The van der Waals surface area contributed by atoms with Crippen molar-refractivity contribution in [3.05, 3.63) is 63.0 Å². The lowest BCUT2D eigenvalue weighted by atomic mass is 10.0. The van der Waals surface area contributed by atoms with Gasteiger partial charge in [0.25, 0.3) is 5.91 Å². The van der Waals surface area contributed by atoms with E-state index in [9.17, 15) is 4.79 Å². The third-order valence-corrected chi connectivity index (χ3v) is 6.15. The van der Waals surface area contributed by atoms with Crippen LogP contribution in [0.1, 0.15) is 34.7 Å². The van der Waals surface area contributed by atoms with E-state index >= 15 is 0 Å². The van der Waals surface area contributed by atoms with E-state index in [1.165, 1.54) is 22.3 Å². The first-order valence-corrected chi connectivity index (χ1v) is 10.5. The van der Waals surface area contributed by atoms with E-state index in [0.29, 0.717) is 26.2 Å². The van der Waals surface area contributed by atoms with Gasteiger partial charge >= 0.3 is 0 Å². The van der Waals surface area contributed by atoms with Crippen LogP contribution in [0.4, 0.5) is 0 Å². The minimum Gasteiger partial charge on any atom is -0.380 e. The van der Waals surface area contributed by atoms with Crippen molar-refractivity contribution >= 4 is 27.5 Å². The molecule has 148 valence electrons. The maximum Gasteiger partial charge on any atom is 0.252 e. The summed E-state index contributed by atoms with van der Waals surface area (Å²) < 4.78 is 8.81. The van der Waals surface area contributed by atoms with Gasteiger partial charge in [0.2, 0.25) is 0 Å². The zero-order valence-corrected chi connectivity index (χ0v) is 18.2. The van der Waals surface area contributed by atoms with Crippen LogP contribution < -0.4 is 4.80 Å². The molecule has 0 saturated carbocycles. The Morgan fingerprint density at radius 3 is 2.46 bits per heavy atom. The summed E-state index contributed by atoms with van der Waals surface area (Å²) >= 11 is 1.57. The van der Waals surface area contributed by atoms with E-state index in [1.807, 2.05) is 13.0 Å². The first-order chi connectivity index (χ1) is 13.4. The Kier molecular flexibility index (Phi) is 6.47. The predicted octanol–water partition coefficient (Wildman–Crippen LogP) is 4.64. The van der Waals surface area contributed by atoms with Crippen LogP contribution >= 0.6 is 11.3 Å². The molecular formula is C23H28N2O2S. The molecule has 1 aromatic heterocycles. The molecule has 0 N–H and O–H groups in total. The average molecular weight is 397 g/mol. The molecule has 28 heavy (non-hydrogen) atoms. The Bertz CT molecular complexity index is 1080. The zero-order valence-electron chi connectivity index (χ0n) is 17.3. The number of hydrogen-bond donors (Lipinski definition) is 0. The van der Waals surface area contributed by atoms with Crippen molar-refractivity contribution in [2.45, 2.75) is 47.6 Å². The van der Waals surface area contributed by atoms with Crippen LogP contribution in [0.5, 0.6) is 0 Å². The van der Waals surface area contributed by atoms with Crippen molar-refractivity contribution in [3.8, 4) is 0 Å². The first kappa shape index (κ1) is 20.5. The number of benzene rings is 2. The number of thiazole rings is 1. The van der Waals surface area contributed by atoms with Crippen molar-refractivity contribution in [2.24, 2.45) is 4.99 Å². The summed E-state index contributed by atoms with van der Waals surface area (Å²) in [6.07, 6.45) is 0.318. The highest BCUT2D eigenvalue weighted by Gasteiger charge is 2.10. The quantitative estimate of drug-likeness (QED) is 0.570. The summed E-state index contributed by atoms with van der Waals surface area (Å²) in [6, 6.07) is 10.5. The van der Waals surface area contributed by atoms with Crippen LogP contribution in [0, 0.1) is 27.7 Å². The fourth-order valence-electron chi connectivity index (χ4n) is 3.16. The van der Waals surface area contributed by atoms with Gasteiger partial charge in [-0.2, -0.15) is 4.99 Å². The smallest absolute Gasteiger partial charge is 0.252 e. The summed E-state index contributed by atoms with van der Waals surface area (Å²) in [5, 5.41) is 0. The van der Waals surface area contributed by atoms with Gasteiger partial charge < -0.3 is 9.30 Å². The summed E-state index contributed by atoms with van der Waals surface area (Å²) in [6.45, 7) is 12.3. The molecule has 5 heteroatoms. The lowest BCUT2D eigenvalue weighted by Gasteiger charge is -2.07. The Balaban J connectivity index is 1.98. The van der Waals surface area contributed by atoms with Gasteiger partial charge in [0, 0.05) is 13.2 Å². The Morgan fingerprint density at radius 2 is 1.75 bits per heavy atom. The van der Waals surface area contributed by atoms with Crippen LogP contribution in [0.15, 0.2) is 35.3 Å². The second-order valence-electron chi connectivity index (χ2n) is 7.24. The van der Waals surface area contributed by atoms with Crippen molar-refractivity contribution < 1.29 is 9.53 Å². The van der Waals surface area contributed by atoms with Gasteiger partial charge in [-0.1, -0.05) is 29.5 Å². The molecule has 4 nitrogen and oxygen atoms in total. The molecule has 1 amide bonds. The molecule has 0 saturated heterocycles. The molecule has 0 spiro atoms. The summed E-state index contributed by atoms with van der Waals surface area (Å²) in [7, 11) is 0. The van der Waals surface area contributed by atoms with E-state index in [2.05, 4.69) is 61.5 Å². The first-order valence-electron chi connectivity index (χ1n) is 9.71. The molecule has 3 aromatic rings. The normalized spacial score (nSPS) is 12.1. The molecule has 0 unspecified atom stereocenters. The molecule has 2 aromatic carbocycles. The highest BCUT2D eigenvalue weighted by Crippen LogP contribution is 2.22. The molecule has 3 rings (SSSR count). The van der Waals surface area contributed by atoms with Crippen LogP contribution in [-0.2, 0) is 22.5 Å². The van der Waals surface area contributed by atoms with Gasteiger partial charge in [-0.05, 0) is 74.6 Å². The number of rotatable bonds is 6. The van der Waals surface area contributed by atoms with Crippen molar-refractivity contribution in [1.29, 1.82) is 0 Å². The topological polar surface area (TPSA) is 43.6 Å². The van der Waals surface area contributed by atoms with Crippen LogP contribution in [0.3, 0.4) is 0 Å². The molecule has 1 heterocycles. The third kappa shape index (κ3) is 4.59. The summed E-state index contributed by atoms with van der Waals surface area (Å²) in [4.78, 5) is 17.9. The summed E-state index contributed by atoms with van der Waals surface area (Å²) in [5.41, 5.74) is 7.04. The van der Waals surface area contributed by atoms with Gasteiger partial charge in [-0.15, -0.1) is 0 Å². The Morgan fingerprint density at radius 1 is 1.04 bits per heavy atom. The van der Waals surface area contributed by atoms with Crippen LogP contribution in [-0.4, -0.2) is 23.7 Å². The Labute approximate surface area is 170 Å². The molecule has 0 radical (unpaired) electrons. The fraction of sp³-hybridized carbons (Fsp3) is 0.391. The number of carbonyl (C=O) groups excluding carboxylic acids is 1. The molecular weight excluding hydrogens is 368 g/mol. The number of nitrogens with zero attached hydrogens (tertiary/aromatic N) is 2. The van der Waals surface area contributed by atoms with Crippen molar-refractivity contribution in [3.63, 3.8) is 0 Å². The minimum absolute atomic E-state index is 0.117. The molecule has 0 bridgehead atoms. The third-order valence-electron chi connectivity index (χ3n) is 5.11. The molecule has 0 aliphatic carbocycles.